The number of hydrogen-bond acceptors (Lipinski definition) is 10. The maximum absolute atomic E-state index is 13.5. The van der Waals surface area contributed by atoms with Crippen molar-refractivity contribution in [3.05, 3.63) is 71.0 Å². The smallest absolute Gasteiger partial charge is 0.369 e. The number of imide groups is 2. The van der Waals surface area contributed by atoms with Crippen LogP contribution < -0.4 is 20.4 Å². The lowest BCUT2D eigenvalue weighted by Crippen LogP contribution is -2.70. The molecule has 3 aromatic rings. The van der Waals surface area contributed by atoms with Gasteiger partial charge < -0.3 is 15.1 Å². The second kappa shape index (κ2) is 12.9. The van der Waals surface area contributed by atoms with Gasteiger partial charge in [0.2, 0.25) is 11.8 Å². The lowest BCUT2D eigenvalue weighted by Gasteiger charge is -2.60. The average molecular weight is 758 g/mol. The predicted octanol–water partition coefficient (Wildman–Crippen LogP) is 3.34. The van der Waals surface area contributed by atoms with Crippen molar-refractivity contribution in [3.63, 3.8) is 0 Å². The zero-order valence-corrected chi connectivity index (χ0v) is 30.2. The first kappa shape index (κ1) is 36.2. The third kappa shape index (κ3) is 6.27. The number of nitrogens with one attached hydrogen (secondary N) is 2. The van der Waals surface area contributed by atoms with Gasteiger partial charge in [0.05, 0.1) is 40.2 Å². The fourth-order valence-electron chi connectivity index (χ4n) is 8.31. The molecule has 1 atom stereocenters. The summed E-state index contributed by atoms with van der Waals surface area (Å²) in [6, 6.07) is 9.17. The summed E-state index contributed by atoms with van der Waals surface area (Å²) >= 11 is 0. The lowest BCUT2D eigenvalue weighted by molar-refractivity contribution is -0.138. The highest BCUT2D eigenvalue weighted by Gasteiger charge is 2.50. The van der Waals surface area contributed by atoms with Crippen LogP contribution in [0.15, 0.2) is 48.8 Å². The van der Waals surface area contributed by atoms with E-state index in [1.165, 1.54) is 16.8 Å². The average Bonchev–Trinajstić information content (AvgIpc) is 3.71. The molecule has 0 bridgehead atoms. The fraction of sp³-hybridized carbons (Fsp3) is 0.447. The molecule has 1 spiro atoms. The van der Waals surface area contributed by atoms with E-state index in [2.05, 4.69) is 30.4 Å². The van der Waals surface area contributed by atoms with Gasteiger partial charge in [-0.1, -0.05) is 0 Å². The summed E-state index contributed by atoms with van der Waals surface area (Å²) in [5.41, 5.74) is -0.492. The Hall–Kier alpha value is -5.76. The van der Waals surface area contributed by atoms with E-state index in [0.717, 1.165) is 80.5 Å². The Balaban J connectivity index is 0.822. The Morgan fingerprint density at radius 3 is 2.35 bits per heavy atom. The molecule has 8 rings (SSSR count). The van der Waals surface area contributed by atoms with Gasteiger partial charge in [-0.25, -0.2) is 0 Å². The van der Waals surface area contributed by atoms with Crippen molar-refractivity contribution < 1.29 is 37.1 Å². The summed E-state index contributed by atoms with van der Waals surface area (Å²) in [4.78, 5) is 71.4. The highest BCUT2D eigenvalue weighted by molar-refractivity contribution is 6.23. The number of benzene rings is 2. The van der Waals surface area contributed by atoms with E-state index in [4.69, 9.17) is 5.26 Å². The normalized spacial score (nSPS) is 21.6. The molecule has 1 unspecified atom stereocenters. The van der Waals surface area contributed by atoms with E-state index in [9.17, 15) is 37.1 Å². The highest BCUT2D eigenvalue weighted by atomic mass is 19.4. The Bertz CT molecular complexity index is 2170. The molecule has 4 saturated heterocycles. The Kier molecular flexibility index (Phi) is 8.52. The first-order valence-corrected chi connectivity index (χ1v) is 18.1. The van der Waals surface area contributed by atoms with Gasteiger partial charge in [-0.05, 0) is 74.9 Å². The van der Waals surface area contributed by atoms with Crippen LogP contribution in [-0.4, -0.2) is 100 Å². The number of carbonyl (C=O) groups excluding carboxylic acids is 5. The topological polar surface area (TPSA) is 164 Å². The third-order valence-electron chi connectivity index (χ3n) is 11.8. The summed E-state index contributed by atoms with van der Waals surface area (Å²) in [6.45, 7) is 8.43. The molecule has 2 N–H and O–H groups in total. The fourth-order valence-corrected chi connectivity index (χ4v) is 8.31. The summed E-state index contributed by atoms with van der Waals surface area (Å²) in [5.74, 6) is -2.64. The molecule has 6 heterocycles. The van der Waals surface area contributed by atoms with Crippen LogP contribution >= 0.6 is 0 Å². The number of amides is 5. The van der Waals surface area contributed by atoms with Gasteiger partial charge in [0, 0.05) is 69.3 Å². The zero-order chi connectivity index (χ0) is 39.0. The third-order valence-corrected chi connectivity index (χ3v) is 11.8. The van der Waals surface area contributed by atoms with Crippen LogP contribution in [0.5, 0.6) is 0 Å². The van der Waals surface area contributed by atoms with Gasteiger partial charge in [-0.15, -0.1) is 0 Å². The molecule has 0 aliphatic carbocycles. The van der Waals surface area contributed by atoms with Crippen LogP contribution in [0.4, 0.5) is 30.2 Å². The number of nitrogens with zero attached hydrogens (tertiary/aromatic N) is 7. The van der Waals surface area contributed by atoms with Gasteiger partial charge in [0.15, 0.2) is 0 Å². The number of nitriles is 1. The van der Waals surface area contributed by atoms with Crippen molar-refractivity contribution in [2.75, 3.05) is 54.4 Å². The molecule has 4 fully saturated rings. The van der Waals surface area contributed by atoms with E-state index in [1.54, 1.807) is 38.4 Å². The number of fused-ring (bicyclic) bond motifs is 1. The molecular weight excluding hydrogens is 719 g/mol. The SMILES string of the molecule is CC(C)(C(=O)Nc1ccc(C#N)c(C(F)(F)F)c1)n1cc(N2CCC3(CC2)CN(C2CN(c4ccc5c(c4)C(=O)N(C4CCC(=O)NC4=O)C5=O)C2)C3)cn1. The number of aromatic nitrogens is 2. The number of piperidine rings is 2. The minimum absolute atomic E-state index is 0.0686. The first-order chi connectivity index (χ1) is 26.1. The number of hydrogen-bond donors (Lipinski definition) is 2. The van der Waals surface area contributed by atoms with Gasteiger partial charge in [0.25, 0.3) is 17.7 Å². The van der Waals surface area contributed by atoms with Gasteiger partial charge >= 0.3 is 6.18 Å². The van der Waals surface area contributed by atoms with Crippen LogP contribution in [0.1, 0.15) is 71.4 Å². The number of rotatable bonds is 7. The molecule has 5 amide bonds. The summed E-state index contributed by atoms with van der Waals surface area (Å²) in [6.07, 6.45) is 0.884. The van der Waals surface area contributed by atoms with Crippen LogP contribution in [0.25, 0.3) is 0 Å². The van der Waals surface area contributed by atoms with E-state index >= 15 is 0 Å². The number of alkyl halides is 3. The predicted molar refractivity (Wildman–Crippen MR) is 191 cm³/mol. The number of likely N-dealkylation sites (tertiary alicyclic amines) is 1. The van der Waals surface area contributed by atoms with Crippen molar-refractivity contribution in [2.45, 2.75) is 63.3 Å². The number of halogens is 3. The maximum atomic E-state index is 13.5. The second-order valence-corrected chi connectivity index (χ2v) is 15.7. The summed E-state index contributed by atoms with van der Waals surface area (Å²) in [5, 5.41) is 18.3. The monoisotopic (exact) mass is 757 g/mol. The van der Waals surface area contributed by atoms with Crippen LogP contribution in [-0.2, 0) is 26.1 Å². The maximum Gasteiger partial charge on any atom is 0.417 e. The zero-order valence-electron chi connectivity index (χ0n) is 30.2. The minimum atomic E-state index is -4.74. The molecule has 55 heavy (non-hydrogen) atoms. The van der Waals surface area contributed by atoms with Crippen molar-refractivity contribution >= 4 is 46.6 Å². The van der Waals surface area contributed by atoms with Gasteiger partial charge in [-0.3, -0.25) is 43.8 Å². The summed E-state index contributed by atoms with van der Waals surface area (Å²) < 4.78 is 41.9. The number of carbonyl (C=O) groups is 5. The molecule has 1 aromatic heterocycles. The molecule has 2 aromatic carbocycles. The molecule has 286 valence electrons. The van der Waals surface area contributed by atoms with Crippen molar-refractivity contribution in [2.24, 2.45) is 5.41 Å². The second-order valence-electron chi connectivity index (χ2n) is 15.7. The first-order valence-electron chi connectivity index (χ1n) is 18.1. The molecule has 5 aliphatic heterocycles. The van der Waals surface area contributed by atoms with Crippen molar-refractivity contribution in [1.82, 2.24) is 24.9 Å². The van der Waals surface area contributed by atoms with E-state index in [1.807, 2.05) is 6.07 Å². The van der Waals surface area contributed by atoms with E-state index < -0.39 is 58.4 Å². The molecule has 0 saturated carbocycles. The van der Waals surface area contributed by atoms with Gasteiger partial charge in [0.1, 0.15) is 11.6 Å². The van der Waals surface area contributed by atoms with Crippen molar-refractivity contribution in [1.29, 1.82) is 5.26 Å². The Labute approximate surface area is 313 Å². The molecule has 0 radical (unpaired) electrons. The minimum Gasteiger partial charge on any atom is -0.369 e. The highest BCUT2D eigenvalue weighted by Crippen LogP contribution is 2.44. The van der Waals surface area contributed by atoms with Crippen LogP contribution in [0.3, 0.4) is 0 Å². The quantitative estimate of drug-likeness (QED) is 0.342. The molecule has 5 aliphatic rings. The Morgan fingerprint density at radius 2 is 1.67 bits per heavy atom. The summed E-state index contributed by atoms with van der Waals surface area (Å²) in [7, 11) is 0. The van der Waals surface area contributed by atoms with E-state index in [0.29, 0.717) is 6.04 Å². The van der Waals surface area contributed by atoms with Gasteiger partial charge in [-0.2, -0.15) is 23.5 Å². The standard InChI is InChI=1S/C38H38F3N9O5/c1-36(2,35(55)44-23-4-3-22(15-42)29(13-23)38(39,40)41)49-19-25(16-43-49)46-11-9-37(10-12-46)20-48(21-37)26-17-47(18-26)24-5-6-27-28(14-24)34(54)50(33(27)53)30-7-8-31(51)45-32(30)52/h3-6,13-14,16,19,26,30H,7-12,17-18,20-21H2,1-2H3,(H,44,55)(H,45,51,52). The molecule has 17 heteroatoms. The molecular formula is C38H38F3N9O5. The van der Waals surface area contributed by atoms with Crippen LogP contribution in [0, 0.1) is 16.7 Å². The molecule has 14 nitrogen and oxygen atoms in total. The largest absolute Gasteiger partial charge is 0.417 e. The lowest BCUT2D eigenvalue weighted by atomic mass is 9.71. The van der Waals surface area contributed by atoms with E-state index in [-0.39, 0.29) is 35.1 Å². The van der Waals surface area contributed by atoms with Crippen LogP contribution in [0.2, 0.25) is 0 Å². The Morgan fingerprint density at radius 1 is 0.964 bits per heavy atom. The number of anilines is 3. The van der Waals surface area contributed by atoms with Crippen molar-refractivity contribution in [3.8, 4) is 6.07 Å².